The van der Waals surface area contributed by atoms with E-state index in [1.165, 1.54) is 12.3 Å². The molecule has 0 amide bonds. The van der Waals surface area contributed by atoms with E-state index in [1.807, 2.05) is 0 Å². The number of nitrogens with zero attached hydrogens (tertiary/aromatic N) is 1. The van der Waals surface area contributed by atoms with Crippen LogP contribution in [0.4, 0.5) is 0 Å². The van der Waals surface area contributed by atoms with Gasteiger partial charge in [-0.05, 0) is 18.2 Å². The molecule has 0 saturated carbocycles. The molecule has 0 spiro atoms. The van der Waals surface area contributed by atoms with Crippen molar-refractivity contribution in [3.05, 3.63) is 46.2 Å². The van der Waals surface area contributed by atoms with Crippen LogP contribution in [0.1, 0.15) is 10.4 Å². The number of hydrogen-bond acceptors (Lipinski definition) is 3. The Morgan fingerprint density at radius 3 is 3.00 bits per heavy atom. The number of rotatable bonds is 4. The average Bonchev–Trinajstić information content (AvgIpc) is 2.38. The molecule has 0 aliphatic heterocycles. The molecule has 2 rings (SSSR count). The van der Waals surface area contributed by atoms with Gasteiger partial charge in [-0.3, -0.25) is 4.79 Å². The third-order valence-electron chi connectivity index (χ3n) is 2.69. The van der Waals surface area contributed by atoms with Gasteiger partial charge in [0.1, 0.15) is 5.56 Å². The predicted molar refractivity (Wildman–Crippen MR) is 65.9 cm³/mol. The Balaban J connectivity index is 2.72. The van der Waals surface area contributed by atoms with Crippen LogP contribution in [0.2, 0.25) is 0 Å². The number of ether oxygens (including phenoxy) is 1. The lowest BCUT2D eigenvalue weighted by atomic mass is 10.1. The van der Waals surface area contributed by atoms with Crippen LogP contribution >= 0.6 is 0 Å². The van der Waals surface area contributed by atoms with Crippen molar-refractivity contribution in [1.29, 1.82) is 0 Å². The van der Waals surface area contributed by atoms with Crippen molar-refractivity contribution in [3.8, 4) is 0 Å². The van der Waals surface area contributed by atoms with Gasteiger partial charge in [-0.2, -0.15) is 0 Å². The van der Waals surface area contributed by atoms with Crippen LogP contribution in [0.25, 0.3) is 10.9 Å². The van der Waals surface area contributed by atoms with Gasteiger partial charge < -0.3 is 14.4 Å². The monoisotopic (exact) mass is 246 g/mol. The third kappa shape index (κ3) is 2.12. The number of carbonyl (C=O) groups is 1. The zero-order valence-corrected chi connectivity index (χ0v) is 9.84. The zero-order chi connectivity index (χ0) is 13.1. The number of carboxylic acids is 1. The maximum atomic E-state index is 12.0. The van der Waals surface area contributed by atoms with Gasteiger partial charge in [-0.1, -0.05) is 6.07 Å². The summed E-state index contributed by atoms with van der Waals surface area (Å²) in [6.45, 7) is 0.924. The molecule has 93 valence electrons. The maximum absolute atomic E-state index is 12.0. The van der Waals surface area contributed by atoms with Crippen LogP contribution in [0, 0.1) is 6.07 Å². The number of pyridine rings is 1. The van der Waals surface area contributed by atoms with Gasteiger partial charge in [-0.25, -0.2) is 4.79 Å². The number of benzene rings is 1. The van der Waals surface area contributed by atoms with Crippen LogP contribution in [-0.4, -0.2) is 29.4 Å². The number of carboxylic acid groups (broad SMARTS) is 1. The van der Waals surface area contributed by atoms with Gasteiger partial charge in [0.05, 0.1) is 12.1 Å². The van der Waals surface area contributed by atoms with E-state index in [1.54, 1.807) is 23.8 Å². The van der Waals surface area contributed by atoms with Crippen molar-refractivity contribution >= 4 is 16.9 Å². The first-order valence-electron chi connectivity index (χ1n) is 5.40. The Hall–Kier alpha value is -2.14. The number of hydrogen-bond donors (Lipinski definition) is 1. The second-order valence-corrected chi connectivity index (χ2v) is 3.81. The quantitative estimate of drug-likeness (QED) is 0.878. The first kappa shape index (κ1) is 12.3. The molecule has 0 aliphatic carbocycles. The summed E-state index contributed by atoms with van der Waals surface area (Å²) in [5, 5.41) is 9.38. The third-order valence-corrected chi connectivity index (χ3v) is 2.69. The number of aromatic carboxylic acids is 1. The van der Waals surface area contributed by atoms with Crippen molar-refractivity contribution in [2.24, 2.45) is 0 Å². The lowest BCUT2D eigenvalue weighted by molar-refractivity contribution is 0.0694. The van der Waals surface area contributed by atoms with Crippen LogP contribution < -0.4 is 5.43 Å². The fourth-order valence-corrected chi connectivity index (χ4v) is 1.81. The molecule has 0 unspecified atom stereocenters. The first-order chi connectivity index (χ1) is 8.65. The Kier molecular flexibility index (Phi) is 3.43. The summed E-state index contributed by atoms with van der Waals surface area (Å²) in [5.74, 6) is -1.23. The van der Waals surface area contributed by atoms with Crippen LogP contribution in [0.5, 0.6) is 0 Å². The number of methoxy groups -OCH3 is 1. The fourth-order valence-electron chi connectivity index (χ4n) is 1.81. The molecule has 1 aromatic heterocycles. The van der Waals surface area contributed by atoms with Crippen LogP contribution in [0.15, 0.2) is 29.2 Å². The lowest BCUT2D eigenvalue weighted by Gasteiger charge is -2.11. The van der Waals surface area contributed by atoms with E-state index >= 15 is 0 Å². The van der Waals surface area contributed by atoms with Crippen molar-refractivity contribution in [3.63, 3.8) is 0 Å². The molecular formula is C13H12NO4. The van der Waals surface area contributed by atoms with Gasteiger partial charge in [0, 0.05) is 25.2 Å². The molecular weight excluding hydrogens is 234 g/mol. The van der Waals surface area contributed by atoms with Crippen LogP contribution in [0.3, 0.4) is 0 Å². The largest absolute Gasteiger partial charge is 0.477 e. The molecule has 5 heteroatoms. The molecule has 2 aromatic rings. The second kappa shape index (κ2) is 5.01. The smallest absolute Gasteiger partial charge is 0.341 e. The van der Waals surface area contributed by atoms with E-state index in [0.717, 1.165) is 0 Å². The van der Waals surface area contributed by atoms with E-state index in [4.69, 9.17) is 9.84 Å². The molecule has 0 fully saturated rings. The molecule has 0 aliphatic rings. The van der Waals surface area contributed by atoms with E-state index in [2.05, 4.69) is 6.07 Å². The highest BCUT2D eigenvalue weighted by atomic mass is 16.5. The summed E-state index contributed by atoms with van der Waals surface area (Å²) in [6.07, 6.45) is 1.35. The van der Waals surface area contributed by atoms with Crippen molar-refractivity contribution in [2.75, 3.05) is 13.7 Å². The van der Waals surface area contributed by atoms with Gasteiger partial charge >= 0.3 is 5.97 Å². The summed E-state index contributed by atoms with van der Waals surface area (Å²) in [5.41, 5.74) is -0.0398. The predicted octanol–water partition coefficient (Wildman–Crippen LogP) is 1.15. The minimum Gasteiger partial charge on any atom is -0.477 e. The summed E-state index contributed by atoms with van der Waals surface area (Å²) in [4.78, 5) is 23.0. The summed E-state index contributed by atoms with van der Waals surface area (Å²) < 4.78 is 6.68. The van der Waals surface area contributed by atoms with E-state index in [-0.39, 0.29) is 5.56 Å². The van der Waals surface area contributed by atoms with Crippen molar-refractivity contribution in [2.45, 2.75) is 6.54 Å². The van der Waals surface area contributed by atoms with Crippen molar-refractivity contribution < 1.29 is 14.6 Å². The van der Waals surface area contributed by atoms with Gasteiger partial charge in [0.25, 0.3) is 0 Å². The summed E-state index contributed by atoms with van der Waals surface area (Å²) in [7, 11) is 1.57. The lowest BCUT2D eigenvalue weighted by Crippen LogP contribution is -2.19. The molecule has 18 heavy (non-hydrogen) atoms. The van der Waals surface area contributed by atoms with Crippen LogP contribution in [-0.2, 0) is 11.3 Å². The second-order valence-electron chi connectivity index (χ2n) is 3.81. The zero-order valence-electron chi connectivity index (χ0n) is 9.84. The Bertz CT molecular complexity index is 645. The number of aromatic nitrogens is 1. The first-order valence-corrected chi connectivity index (χ1v) is 5.40. The van der Waals surface area contributed by atoms with E-state index < -0.39 is 11.4 Å². The Morgan fingerprint density at radius 2 is 2.33 bits per heavy atom. The molecule has 1 N–H and O–H groups in total. The van der Waals surface area contributed by atoms with E-state index in [0.29, 0.717) is 24.1 Å². The maximum Gasteiger partial charge on any atom is 0.341 e. The minimum atomic E-state index is -1.23. The normalized spacial score (nSPS) is 10.7. The highest BCUT2D eigenvalue weighted by Gasteiger charge is 2.13. The van der Waals surface area contributed by atoms with E-state index in [9.17, 15) is 9.59 Å². The van der Waals surface area contributed by atoms with Gasteiger partial charge in [0.15, 0.2) is 0 Å². The Labute approximate surface area is 103 Å². The Morgan fingerprint density at radius 1 is 1.56 bits per heavy atom. The fraction of sp³-hybridized carbons (Fsp3) is 0.231. The highest BCUT2D eigenvalue weighted by molar-refractivity contribution is 5.92. The van der Waals surface area contributed by atoms with Gasteiger partial charge in [0.2, 0.25) is 5.43 Å². The molecule has 1 aromatic carbocycles. The molecule has 1 radical (unpaired) electrons. The minimum absolute atomic E-state index is 0.238. The molecule has 5 nitrogen and oxygen atoms in total. The SMILES string of the molecule is COCCn1cc(C(=O)O)c(=O)c2c[c]ccc21. The van der Waals surface area contributed by atoms with Gasteiger partial charge in [-0.15, -0.1) is 0 Å². The van der Waals surface area contributed by atoms with Crippen molar-refractivity contribution in [1.82, 2.24) is 4.57 Å². The molecule has 0 atom stereocenters. The summed E-state index contributed by atoms with van der Waals surface area (Å²) in [6, 6.07) is 7.72. The topological polar surface area (TPSA) is 68.5 Å². The average molecular weight is 246 g/mol. The molecule has 1 heterocycles. The highest BCUT2D eigenvalue weighted by Crippen LogP contribution is 2.11. The molecule has 0 saturated heterocycles. The number of fused-ring (bicyclic) bond motifs is 1. The standard InChI is InChI=1S/C13H12NO4/c1-18-7-6-14-8-10(13(16)17)12(15)9-4-2-3-5-11(9)14/h3-5,8H,6-7H2,1H3,(H,16,17). The molecule has 0 bridgehead atoms. The summed E-state index contributed by atoms with van der Waals surface area (Å²) >= 11 is 0.